The summed E-state index contributed by atoms with van der Waals surface area (Å²) in [5.41, 5.74) is 1.55. The third-order valence-electron chi connectivity index (χ3n) is 3.67. The van der Waals surface area contributed by atoms with Crippen LogP contribution < -0.4 is 20.3 Å². The van der Waals surface area contributed by atoms with Crippen molar-refractivity contribution in [2.24, 2.45) is 0 Å². The maximum Gasteiger partial charge on any atom is 0.319 e. The smallest absolute Gasteiger partial charge is 0.319 e. The third-order valence-corrected chi connectivity index (χ3v) is 4.36. The number of ether oxygens (including phenoxy) is 1. The van der Waals surface area contributed by atoms with Gasteiger partial charge in [0.05, 0.1) is 17.9 Å². The van der Waals surface area contributed by atoms with Crippen LogP contribution in [0.2, 0.25) is 0 Å². The molecule has 2 amide bonds. The van der Waals surface area contributed by atoms with Crippen LogP contribution in [0.5, 0.6) is 5.75 Å². The fourth-order valence-corrected chi connectivity index (χ4v) is 2.90. The van der Waals surface area contributed by atoms with Crippen LogP contribution in [0.25, 0.3) is 0 Å². The van der Waals surface area contributed by atoms with Crippen LogP contribution >= 0.6 is 15.9 Å². The predicted octanol–water partition coefficient (Wildman–Crippen LogP) is 3.61. The zero-order valence-electron chi connectivity index (χ0n) is 12.9. The molecule has 0 aliphatic carbocycles. The third kappa shape index (κ3) is 3.97. The van der Waals surface area contributed by atoms with Crippen molar-refractivity contribution in [1.82, 2.24) is 5.32 Å². The Morgan fingerprint density at radius 1 is 1.29 bits per heavy atom. The second kappa shape index (κ2) is 7.53. The summed E-state index contributed by atoms with van der Waals surface area (Å²) in [5.74, 6) is 0.223. The van der Waals surface area contributed by atoms with E-state index in [2.05, 4.69) is 31.5 Å². The predicted molar refractivity (Wildman–Crippen MR) is 95.3 cm³/mol. The molecule has 0 saturated carbocycles. The van der Waals surface area contributed by atoms with Crippen molar-refractivity contribution < 1.29 is 13.9 Å². The fraction of sp³-hybridized carbons (Fsp3) is 0.235. The van der Waals surface area contributed by atoms with Gasteiger partial charge in [-0.3, -0.25) is 0 Å². The summed E-state index contributed by atoms with van der Waals surface area (Å²) in [6.45, 7) is 2.28. The van der Waals surface area contributed by atoms with Crippen LogP contribution in [0, 0.1) is 5.82 Å². The summed E-state index contributed by atoms with van der Waals surface area (Å²) in [4.78, 5) is 14.0. The van der Waals surface area contributed by atoms with Gasteiger partial charge in [-0.2, -0.15) is 0 Å². The van der Waals surface area contributed by atoms with Crippen molar-refractivity contribution in [3.63, 3.8) is 0 Å². The number of amides is 2. The Labute approximate surface area is 147 Å². The van der Waals surface area contributed by atoms with E-state index < -0.39 is 0 Å². The molecule has 5 nitrogen and oxygen atoms in total. The normalized spacial score (nSPS) is 13.0. The lowest BCUT2D eigenvalue weighted by Crippen LogP contribution is -2.40. The van der Waals surface area contributed by atoms with Gasteiger partial charge in [-0.15, -0.1) is 0 Å². The van der Waals surface area contributed by atoms with Crippen LogP contribution in [0.3, 0.4) is 0 Å². The average molecular weight is 394 g/mol. The number of halogens is 2. The maximum atomic E-state index is 13.3. The highest BCUT2D eigenvalue weighted by atomic mass is 79.9. The number of nitrogens with zero attached hydrogens (tertiary/aromatic N) is 1. The molecule has 7 heteroatoms. The molecule has 0 bridgehead atoms. The highest BCUT2D eigenvalue weighted by Crippen LogP contribution is 2.31. The number of carbonyl (C=O) groups is 1. The first kappa shape index (κ1) is 16.6. The molecule has 2 aromatic carbocycles. The molecular weight excluding hydrogens is 377 g/mol. The van der Waals surface area contributed by atoms with Gasteiger partial charge in [0.1, 0.15) is 18.2 Å². The number of hydrogen-bond donors (Lipinski definition) is 2. The second-order valence-corrected chi connectivity index (χ2v) is 6.16. The first-order valence-corrected chi connectivity index (χ1v) is 8.39. The Bertz CT molecular complexity index is 742. The molecule has 0 saturated heterocycles. The van der Waals surface area contributed by atoms with E-state index in [9.17, 15) is 9.18 Å². The van der Waals surface area contributed by atoms with Gasteiger partial charge in [-0.25, -0.2) is 9.18 Å². The van der Waals surface area contributed by atoms with E-state index in [1.165, 1.54) is 12.1 Å². The molecule has 1 aliphatic heterocycles. The van der Waals surface area contributed by atoms with Gasteiger partial charge in [0, 0.05) is 23.6 Å². The highest BCUT2D eigenvalue weighted by molar-refractivity contribution is 9.10. The van der Waals surface area contributed by atoms with Crippen LogP contribution in [0.4, 0.5) is 20.6 Å². The van der Waals surface area contributed by atoms with Crippen molar-refractivity contribution >= 4 is 33.3 Å². The Hall–Kier alpha value is -2.28. The van der Waals surface area contributed by atoms with Crippen LogP contribution in [-0.4, -0.2) is 32.3 Å². The molecular formula is C17H17BrFN3O2. The molecule has 0 aromatic heterocycles. The number of nitrogens with one attached hydrogen (secondary N) is 2. The SMILES string of the molecule is O=C(NCCN1CCOc2cc(F)ccc21)Nc1ccccc1Br. The summed E-state index contributed by atoms with van der Waals surface area (Å²) in [6.07, 6.45) is 0. The largest absolute Gasteiger partial charge is 0.489 e. The number of para-hydroxylation sites is 1. The fourth-order valence-electron chi connectivity index (χ4n) is 2.52. The van der Waals surface area contributed by atoms with Gasteiger partial charge >= 0.3 is 6.03 Å². The Kier molecular flexibility index (Phi) is 5.20. The standard InChI is InChI=1S/C17H17BrFN3O2/c18-13-3-1-2-4-14(13)21-17(23)20-7-8-22-9-10-24-16-11-12(19)5-6-15(16)22/h1-6,11H,7-10H2,(H2,20,21,23). The number of urea groups is 1. The van der Waals surface area contributed by atoms with Crippen molar-refractivity contribution in [1.29, 1.82) is 0 Å². The minimum atomic E-state index is -0.318. The summed E-state index contributed by atoms with van der Waals surface area (Å²) in [7, 11) is 0. The minimum Gasteiger partial charge on any atom is -0.489 e. The average Bonchev–Trinajstić information content (AvgIpc) is 2.57. The van der Waals surface area contributed by atoms with Crippen molar-refractivity contribution in [3.05, 3.63) is 52.8 Å². The molecule has 2 aromatic rings. The van der Waals surface area contributed by atoms with Crippen LogP contribution in [0.15, 0.2) is 46.9 Å². The molecule has 2 N–H and O–H groups in total. The van der Waals surface area contributed by atoms with Crippen molar-refractivity contribution in [3.8, 4) is 5.75 Å². The van der Waals surface area contributed by atoms with Gasteiger partial charge in [-0.05, 0) is 40.2 Å². The van der Waals surface area contributed by atoms with Crippen molar-refractivity contribution in [2.75, 3.05) is 36.5 Å². The number of benzene rings is 2. The number of carbonyl (C=O) groups excluding carboxylic acids is 1. The van der Waals surface area contributed by atoms with E-state index in [1.54, 1.807) is 6.07 Å². The van der Waals surface area contributed by atoms with Crippen LogP contribution in [0.1, 0.15) is 0 Å². The Morgan fingerprint density at radius 2 is 2.12 bits per heavy atom. The topological polar surface area (TPSA) is 53.6 Å². The molecule has 0 atom stereocenters. The zero-order valence-corrected chi connectivity index (χ0v) is 14.5. The second-order valence-electron chi connectivity index (χ2n) is 5.31. The molecule has 0 unspecified atom stereocenters. The first-order valence-electron chi connectivity index (χ1n) is 7.60. The number of hydrogen-bond acceptors (Lipinski definition) is 3. The maximum absolute atomic E-state index is 13.3. The summed E-state index contributed by atoms with van der Waals surface area (Å²) in [5, 5.41) is 5.61. The van der Waals surface area contributed by atoms with E-state index >= 15 is 0 Å². The molecule has 1 heterocycles. The first-order chi connectivity index (χ1) is 11.6. The molecule has 0 radical (unpaired) electrons. The molecule has 0 fully saturated rings. The summed E-state index contributed by atoms with van der Waals surface area (Å²) < 4.78 is 19.5. The van der Waals surface area contributed by atoms with Gasteiger partial charge in [0.2, 0.25) is 0 Å². The molecule has 0 spiro atoms. The summed E-state index contributed by atoms with van der Waals surface area (Å²) >= 11 is 3.38. The lowest BCUT2D eigenvalue weighted by molar-refractivity contribution is 0.252. The van der Waals surface area contributed by atoms with Gasteiger partial charge in [0.15, 0.2) is 0 Å². The monoisotopic (exact) mass is 393 g/mol. The molecule has 3 rings (SSSR count). The highest BCUT2D eigenvalue weighted by Gasteiger charge is 2.18. The van der Waals surface area contributed by atoms with Crippen molar-refractivity contribution in [2.45, 2.75) is 0 Å². The van der Waals surface area contributed by atoms with E-state index in [1.807, 2.05) is 24.3 Å². The Morgan fingerprint density at radius 3 is 2.96 bits per heavy atom. The lowest BCUT2D eigenvalue weighted by Gasteiger charge is -2.31. The number of anilines is 2. The lowest BCUT2D eigenvalue weighted by atomic mass is 10.2. The van der Waals surface area contributed by atoms with E-state index in [0.717, 1.165) is 10.2 Å². The minimum absolute atomic E-state index is 0.269. The van der Waals surface area contributed by atoms with E-state index in [0.29, 0.717) is 37.7 Å². The Balaban J connectivity index is 1.52. The quantitative estimate of drug-likeness (QED) is 0.833. The number of fused-ring (bicyclic) bond motifs is 1. The van der Waals surface area contributed by atoms with E-state index in [-0.39, 0.29) is 11.8 Å². The summed E-state index contributed by atoms with van der Waals surface area (Å²) in [6, 6.07) is 11.6. The molecule has 1 aliphatic rings. The zero-order chi connectivity index (χ0) is 16.9. The van der Waals surface area contributed by atoms with Crippen LogP contribution in [-0.2, 0) is 0 Å². The van der Waals surface area contributed by atoms with Gasteiger partial charge in [0.25, 0.3) is 0 Å². The van der Waals surface area contributed by atoms with E-state index in [4.69, 9.17) is 4.74 Å². The van der Waals surface area contributed by atoms with Gasteiger partial charge in [-0.1, -0.05) is 12.1 Å². The van der Waals surface area contributed by atoms with Gasteiger partial charge < -0.3 is 20.3 Å². The molecule has 24 heavy (non-hydrogen) atoms. The molecule has 126 valence electrons. The number of rotatable bonds is 4.